The zero-order valence-electron chi connectivity index (χ0n) is 11.4. The number of rotatable bonds is 4. The molecule has 0 saturated heterocycles. The van der Waals surface area contributed by atoms with Gasteiger partial charge >= 0.3 is 0 Å². The Morgan fingerprint density at radius 3 is 2.61 bits per heavy atom. The lowest BCUT2D eigenvalue weighted by molar-refractivity contribution is 0.0308. The molecule has 5 heteroatoms. The summed E-state index contributed by atoms with van der Waals surface area (Å²) in [5.74, 6) is 0.639. The average molecular weight is 253 g/mol. The third-order valence-corrected chi connectivity index (χ3v) is 4.27. The summed E-state index contributed by atoms with van der Waals surface area (Å²) in [7, 11) is 3.43. The second kappa shape index (κ2) is 4.90. The van der Waals surface area contributed by atoms with Crippen LogP contribution in [-0.2, 0) is 7.05 Å². The first kappa shape index (κ1) is 13.4. The highest BCUT2D eigenvalue weighted by molar-refractivity contribution is 5.35. The molecule has 0 aliphatic heterocycles. The maximum absolute atomic E-state index is 10.8. The molecule has 1 aliphatic rings. The fourth-order valence-electron chi connectivity index (χ4n) is 3.18. The monoisotopic (exact) mass is 253 g/mol. The van der Waals surface area contributed by atoms with Crippen LogP contribution in [0.3, 0.4) is 0 Å². The van der Waals surface area contributed by atoms with Crippen molar-refractivity contribution in [2.75, 3.05) is 13.7 Å². The molecule has 1 aromatic rings. The molecule has 1 atom stereocenters. The van der Waals surface area contributed by atoms with Gasteiger partial charge in [-0.2, -0.15) is 5.10 Å². The second-order valence-electron chi connectivity index (χ2n) is 5.31. The van der Waals surface area contributed by atoms with Crippen LogP contribution >= 0.6 is 0 Å². The number of aryl methyl sites for hydroxylation is 2. The van der Waals surface area contributed by atoms with Gasteiger partial charge in [-0.1, -0.05) is 12.8 Å². The van der Waals surface area contributed by atoms with Crippen molar-refractivity contribution in [1.29, 1.82) is 0 Å². The lowest BCUT2D eigenvalue weighted by Gasteiger charge is -2.33. The van der Waals surface area contributed by atoms with Gasteiger partial charge in [-0.15, -0.1) is 0 Å². The number of aliphatic hydroxyl groups is 1. The molecule has 1 saturated carbocycles. The predicted molar refractivity (Wildman–Crippen MR) is 69.4 cm³/mol. The summed E-state index contributed by atoms with van der Waals surface area (Å²) < 4.78 is 7.04. The Labute approximate surface area is 108 Å². The van der Waals surface area contributed by atoms with Crippen molar-refractivity contribution in [3.63, 3.8) is 0 Å². The molecule has 0 spiro atoms. The van der Waals surface area contributed by atoms with Crippen molar-refractivity contribution < 1.29 is 9.84 Å². The minimum atomic E-state index is -0.589. The molecule has 1 aliphatic carbocycles. The zero-order chi connectivity index (χ0) is 13.3. The highest BCUT2D eigenvalue weighted by Crippen LogP contribution is 2.49. The van der Waals surface area contributed by atoms with E-state index in [2.05, 4.69) is 5.10 Å². The Kier molecular flexibility index (Phi) is 3.64. The summed E-state index contributed by atoms with van der Waals surface area (Å²) in [5, 5.41) is 15.1. The van der Waals surface area contributed by atoms with E-state index in [9.17, 15) is 5.11 Å². The van der Waals surface area contributed by atoms with Gasteiger partial charge in [0, 0.05) is 19.0 Å². The maximum Gasteiger partial charge on any atom is 0.217 e. The van der Waals surface area contributed by atoms with Crippen molar-refractivity contribution in [3.8, 4) is 5.88 Å². The molecule has 1 aromatic heterocycles. The smallest absolute Gasteiger partial charge is 0.217 e. The minimum Gasteiger partial charge on any atom is -0.481 e. The van der Waals surface area contributed by atoms with Crippen molar-refractivity contribution in [3.05, 3.63) is 11.3 Å². The van der Waals surface area contributed by atoms with Gasteiger partial charge in [-0.05, 0) is 19.8 Å². The van der Waals surface area contributed by atoms with Crippen molar-refractivity contribution in [2.24, 2.45) is 18.2 Å². The molecule has 0 radical (unpaired) electrons. The van der Waals surface area contributed by atoms with Crippen LogP contribution in [0.25, 0.3) is 0 Å². The lowest BCUT2D eigenvalue weighted by Crippen LogP contribution is -2.34. The third kappa shape index (κ3) is 1.91. The molecule has 0 aromatic carbocycles. The van der Waals surface area contributed by atoms with Gasteiger partial charge < -0.3 is 15.6 Å². The molecular weight excluding hydrogens is 230 g/mol. The fraction of sp³-hybridized carbons (Fsp3) is 0.769. The summed E-state index contributed by atoms with van der Waals surface area (Å²) in [6.07, 6.45) is 3.63. The normalized spacial score (nSPS) is 20.1. The number of aromatic nitrogens is 2. The molecular formula is C13H23N3O2. The Morgan fingerprint density at radius 1 is 1.50 bits per heavy atom. The van der Waals surface area contributed by atoms with Crippen LogP contribution in [0.1, 0.15) is 43.0 Å². The predicted octanol–water partition coefficient (Wildman–Crippen LogP) is 1.29. The van der Waals surface area contributed by atoms with E-state index in [1.807, 2.05) is 14.0 Å². The third-order valence-electron chi connectivity index (χ3n) is 4.27. The van der Waals surface area contributed by atoms with Gasteiger partial charge in [0.1, 0.15) is 0 Å². The highest BCUT2D eigenvalue weighted by atomic mass is 16.5. The van der Waals surface area contributed by atoms with Gasteiger partial charge in [-0.25, -0.2) is 4.68 Å². The van der Waals surface area contributed by atoms with Crippen molar-refractivity contribution in [2.45, 2.75) is 38.7 Å². The van der Waals surface area contributed by atoms with Crippen LogP contribution in [0.2, 0.25) is 0 Å². The maximum atomic E-state index is 10.8. The van der Waals surface area contributed by atoms with Crippen molar-refractivity contribution >= 4 is 0 Å². The molecule has 18 heavy (non-hydrogen) atoms. The first-order chi connectivity index (χ1) is 8.55. The van der Waals surface area contributed by atoms with Gasteiger partial charge in [0.15, 0.2) is 0 Å². The lowest BCUT2D eigenvalue weighted by atomic mass is 9.77. The van der Waals surface area contributed by atoms with E-state index in [1.165, 1.54) is 0 Å². The van der Waals surface area contributed by atoms with Gasteiger partial charge in [0.25, 0.3) is 0 Å². The number of aliphatic hydroxyl groups excluding tert-OH is 1. The van der Waals surface area contributed by atoms with Crippen LogP contribution in [0, 0.1) is 12.3 Å². The van der Waals surface area contributed by atoms with E-state index in [0.29, 0.717) is 12.4 Å². The van der Waals surface area contributed by atoms with E-state index >= 15 is 0 Å². The second-order valence-corrected chi connectivity index (χ2v) is 5.31. The first-order valence-electron chi connectivity index (χ1n) is 6.51. The zero-order valence-corrected chi connectivity index (χ0v) is 11.4. The van der Waals surface area contributed by atoms with E-state index < -0.39 is 6.10 Å². The molecule has 0 amide bonds. The topological polar surface area (TPSA) is 73.3 Å². The summed E-state index contributed by atoms with van der Waals surface area (Å²) in [6.45, 7) is 2.41. The average Bonchev–Trinajstić information content (AvgIpc) is 2.93. The van der Waals surface area contributed by atoms with Crippen LogP contribution in [-0.4, -0.2) is 28.5 Å². The van der Waals surface area contributed by atoms with Gasteiger partial charge in [0.05, 0.1) is 24.5 Å². The number of hydrogen-bond donors (Lipinski definition) is 2. The summed E-state index contributed by atoms with van der Waals surface area (Å²) >= 11 is 0. The van der Waals surface area contributed by atoms with Crippen LogP contribution < -0.4 is 10.5 Å². The molecule has 1 unspecified atom stereocenters. The summed E-state index contributed by atoms with van der Waals surface area (Å²) in [5.41, 5.74) is 7.34. The van der Waals surface area contributed by atoms with Crippen molar-refractivity contribution in [1.82, 2.24) is 9.78 Å². The Balaban J connectivity index is 2.41. The number of hydrogen-bond acceptors (Lipinski definition) is 4. The molecule has 1 heterocycles. The number of ether oxygens (including phenoxy) is 1. The van der Waals surface area contributed by atoms with E-state index in [-0.39, 0.29) is 5.41 Å². The SMILES string of the molecule is COc1c(C(O)C2(CN)CCCC2)c(C)nn1C. The molecule has 1 fully saturated rings. The highest BCUT2D eigenvalue weighted by Gasteiger charge is 2.42. The Hall–Kier alpha value is -1.07. The van der Waals surface area contributed by atoms with Gasteiger partial charge in [-0.3, -0.25) is 0 Å². The molecule has 102 valence electrons. The summed E-state index contributed by atoms with van der Waals surface area (Å²) in [4.78, 5) is 0. The fourth-order valence-corrected chi connectivity index (χ4v) is 3.18. The molecule has 2 rings (SSSR count). The first-order valence-corrected chi connectivity index (χ1v) is 6.51. The largest absolute Gasteiger partial charge is 0.481 e. The summed E-state index contributed by atoms with van der Waals surface area (Å²) in [6, 6.07) is 0. The van der Waals surface area contributed by atoms with E-state index in [4.69, 9.17) is 10.5 Å². The van der Waals surface area contributed by atoms with Crippen LogP contribution in [0.15, 0.2) is 0 Å². The quantitative estimate of drug-likeness (QED) is 0.848. The van der Waals surface area contributed by atoms with Crippen LogP contribution in [0.5, 0.6) is 5.88 Å². The molecule has 5 nitrogen and oxygen atoms in total. The molecule has 0 bridgehead atoms. The van der Waals surface area contributed by atoms with E-state index in [1.54, 1.807) is 11.8 Å². The van der Waals surface area contributed by atoms with Gasteiger partial charge in [0.2, 0.25) is 5.88 Å². The Bertz CT molecular complexity index is 422. The van der Waals surface area contributed by atoms with E-state index in [0.717, 1.165) is 36.9 Å². The standard InChI is InChI=1S/C13H23N3O2/c1-9-10(12(18-3)16(2)15-9)11(17)13(8-14)6-4-5-7-13/h11,17H,4-8,14H2,1-3H3. The number of methoxy groups -OCH3 is 1. The minimum absolute atomic E-state index is 0.207. The number of nitrogens with two attached hydrogens (primary N) is 1. The molecule has 3 N–H and O–H groups in total. The van der Waals surface area contributed by atoms with Crippen LogP contribution in [0.4, 0.5) is 0 Å². The Morgan fingerprint density at radius 2 is 2.11 bits per heavy atom. The number of nitrogens with zero attached hydrogens (tertiary/aromatic N) is 2.